The second-order valence-corrected chi connectivity index (χ2v) is 10.1. The monoisotopic (exact) mass is 567 g/mol. The number of aromatic hydroxyl groups is 1. The Labute approximate surface area is 237 Å². The summed E-state index contributed by atoms with van der Waals surface area (Å²) in [4.78, 5) is 27.8. The second kappa shape index (κ2) is 14.2. The highest BCUT2D eigenvalue weighted by Crippen LogP contribution is 2.22. The van der Waals surface area contributed by atoms with Crippen molar-refractivity contribution in [3.8, 4) is 5.75 Å². The molecule has 0 spiro atoms. The number of ether oxygens (including phenoxy) is 1. The number of phenols is 1. The van der Waals surface area contributed by atoms with E-state index >= 15 is 0 Å². The number of benzene rings is 3. The van der Waals surface area contributed by atoms with Crippen LogP contribution >= 0.6 is 0 Å². The number of hydrogen-bond donors (Lipinski definition) is 4. The van der Waals surface area contributed by atoms with Crippen molar-refractivity contribution in [1.29, 1.82) is 0 Å². The SMILES string of the molecule is CCc1cccc(CNC[C@@H](O)[C@H](Cc2cc(F)cc(F)c2)NC(=O)c2ccc(O)c(C(=O)N3CCOCC3)c2)c1. The van der Waals surface area contributed by atoms with Crippen LogP contribution in [0.15, 0.2) is 60.7 Å². The number of halogens is 2. The van der Waals surface area contributed by atoms with Crippen LogP contribution in [0.25, 0.3) is 0 Å². The molecular weight excluding hydrogens is 532 g/mol. The number of hydrogen-bond acceptors (Lipinski definition) is 6. The first kappa shape index (κ1) is 30.1. The molecule has 0 aliphatic carbocycles. The number of phenolic OH excluding ortho intramolecular Hbond substituents is 1. The van der Waals surface area contributed by atoms with Crippen LogP contribution in [-0.2, 0) is 24.1 Å². The fourth-order valence-corrected chi connectivity index (χ4v) is 4.77. The van der Waals surface area contributed by atoms with E-state index in [9.17, 15) is 28.6 Å². The number of rotatable bonds is 11. The second-order valence-electron chi connectivity index (χ2n) is 10.1. The van der Waals surface area contributed by atoms with E-state index in [1.807, 2.05) is 18.2 Å². The first-order valence-electron chi connectivity index (χ1n) is 13.7. The molecule has 3 aromatic carbocycles. The lowest BCUT2D eigenvalue weighted by Crippen LogP contribution is -2.48. The van der Waals surface area contributed by atoms with Crippen LogP contribution in [0.2, 0.25) is 0 Å². The van der Waals surface area contributed by atoms with E-state index in [0.29, 0.717) is 32.8 Å². The van der Waals surface area contributed by atoms with E-state index in [4.69, 9.17) is 4.74 Å². The molecule has 1 aliphatic rings. The highest BCUT2D eigenvalue weighted by atomic mass is 19.1. The summed E-state index contributed by atoms with van der Waals surface area (Å²) >= 11 is 0. The average molecular weight is 568 g/mol. The minimum absolute atomic E-state index is 0.0279. The summed E-state index contributed by atoms with van der Waals surface area (Å²) in [5, 5.41) is 27.3. The molecule has 218 valence electrons. The summed E-state index contributed by atoms with van der Waals surface area (Å²) in [6, 6.07) is 14.1. The van der Waals surface area contributed by atoms with Crippen LogP contribution in [0, 0.1) is 11.6 Å². The molecule has 1 heterocycles. The molecule has 0 aromatic heterocycles. The normalized spacial score (nSPS) is 14.9. The predicted octanol–water partition coefficient (Wildman–Crippen LogP) is 3.20. The van der Waals surface area contributed by atoms with Gasteiger partial charge in [0.1, 0.15) is 17.4 Å². The number of carbonyl (C=O) groups excluding carboxylic acids is 2. The predicted molar refractivity (Wildman–Crippen MR) is 150 cm³/mol. The molecule has 1 saturated heterocycles. The Balaban J connectivity index is 1.49. The van der Waals surface area contributed by atoms with Crippen molar-refractivity contribution in [2.24, 2.45) is 0 Å². The minimum Gasteiger partial charge on any atom is -0.507 e. The lowest BCUT2D eigenvalue weighted by Gasteiger charge is -2.27. The topological polar surface area (TPSA) is 111 Å². The van der Waals surface area contributed by atoms with Crippen molar-refractivity contribution >= 4 is 11.8 Å². The van der Waals surface area contributed by atoms with Gasteiger partial charge in [0.2, 0.25) is 0 Å². The van der Waals surface area contributed by atoms with Crippen LogP contribution < -0.4 is 10.6 Å². The van der Waals surface area contributed by atoms with Gasteiger partial charge in [0.15, 0.2) is 0 Å². The smallest absolute Gasteiger partial charge is 0.257 e. The van der Waals surface area contributed by atoms with Crippen LogP contribution in [0.5, 0.6) is 5.75 Å². The average Bonchev–Trinajstić information content (AvgIpc) is 2.96. The highest BCUT2D eigenvalue weighted by Gasteiger charge is 2.26. The molecule has 0 bridgehead atoms. The summed E-state index contributed by atoms with van der Waals surface area (Å²) in [5.41, 5.74) is 2.54. The largest absolute Gasteiger partial charge is 0.507 e. The molecule has 1 fully saturated rings. The first-order chi connectivity index (χ1) is 19.7. The van der Waals surface area contributed by atoms with Gasteiger partial charge in [-0.3, -0.25) is 9.59 Å². The molecule has 4 N–H and O–H groups in total. The number of aliphatic hydroxyl groups is 1. The standard InChI is InChI=1S/C31H35F2N3O5/c1-2-20-4-3-5-21(12-20)18-34-19-29(38)27(15-22-13-24(32)17-25(33)14-22)35-30(39)23-6-7-28(37)26(16-23)31(40)36-8-10-41-11-9-36/h3-7,12-14,16-17,27,29,34,37-38H,2,8-11,15,18-19H2,1H3,(H,35,39)/t27-,29+/m0/s1. The molecule has 10 heteroatoms. The van der Waals surface area contributed by atoms with Crippen molar-refractivity contribution < 1.29 is 33.3 Å². The molecule has 4 rings (SSSR count). The third-order valence-corrected chi connectivity index (χ3v) is 7.03. The Morgan fingerprint density at radius 3 is 2.39 bits per heavy atom. The van der Waals surface area contributed by atoms with E-state index in [0.717, 1.165) is 30.2 Å². The van der Waals surface area contributed by atoms with Gasteiger partial charge in [0.05, 0.1) is 30.9 Å². The van der Waals surface area contributed by atoms with Crippen LogP contribution in [-0.4, -0.2) is 71.9 Å². The van der Waals surface area contributed by atoms with Gasteiger partial charge in [0.25, 0.3) is 11.8 Å². The summed E-state index contributed by atoms with van der Waals surface area (Å²) in [5.74, 6) is -2.83. The van der Waals surface area contributed by atoms with E-state index in [-0.39, 0.29) is 35.4 Å². The molecule has 2 amide bonds. The fourth-order valence-electron chi connectivity index (χ4n) is 4.77. The highest BCUT2D eigenvalue weighted by molar-refractivity contribution is 6.01. The zero-order valence-electron chi connectivity index (χ0n) is 22.9. The number of carbonyl (C=O) groups is 2. The number of aryl methyl sites for hydroxylation is 1. The van der Waals surface area contributed by atoms with Crippen molar-refractivity contribution in [3.05, 3.63) is 100 Å². The number of amides is 2. The quantitative estimate of drug-likeness (QED) is 0.283. The molecule has 41 heavy (non-hydrogen) atoms. The Morgan fingerprint density at radius 1 is 0.976 bits per heavy atom. The van der Waals surface area contributed by atoms with Gasteiger partial charge in [-0.25, -0.2) is 8.78 Å². The third-order valence-electron chi connectivity index (χ3n) is 7.03. The molecule has 0 unspecified atom stereocenters. The molecule has 0 radical (unpaired) electrons. The maximum absolute atomic E-state index is 13.9. The van der Waals surface area contributed by atoms with E-state index < -0.39 is 35.6 Å². The van der Waals surface area contributed by atoms with Gasteiger partial charge in [-0.15, -0.1) is 0 Å². The van der Waals surface area contributed by atoms with Gasteiger partial charge in [0, 0.05) is 37.8 Å². The zero-order valence-corrected chi connectivity index (χ0v) is 22.9. The van der Waals surface area contributed by atoms with Crippen molar-refractivity contribution in [2.75, 3.05) is 32.8 Å². The first-order valence-corrected chi connectivity index (χ1v) is 13.7. The maximum atomic E-state index is 13.9. The molecule has 0 saturated carbocycles. The Bertz CT molecular complexity index is 1340. The zero-order chi connectivity index (χ0) is 29.4. The molecular formula is C31H35F2N3O5. The van der Waals surface area contributed by atoms with E-state index in [1.165, 1.54) is 28.7 Å². The van der Waals surface area contributed by atoms with Crippen LogP contribution in [0.3, 0.4) is 0 Å². The van der Waals surface area contributed by atoms with Gasteiger partial charge >= 0.3 is 0 Å². The molecule has 8 nitrogen and oxygen atoms in total. The summed E-state index contributed by atoms with van der Waals surface area (Å²) in [6.07, 6.45) is -0.274. The van der Waals surface area contributed by atoms with Gasteiger partial charge in [-0.1, -0.05) is 31.2 Å². The van der Waals surface area contributed by atoms with Gasteiger partial charge in [-0.05, 0) is 59.9 Å². The Hall–Kier alpha value is -3.86. The third kappa shape index (κ3) is 8.32. The van der Waals surface area contributed by atoms with Crippen LogP contribution in [0.4, 0.5) is 8.78 Å². The molecule has 1 aliphatic heterocycles. The Morgan fingerprint density at radius 2 is 1.68 bits per heavy atom. The van der Waals surface area contributed by atoms with Gasteiger partial charge in [-0.2, -0.15) is 0 Å². The lowest BCUT2D eigenvalue weighted by molar-refractivity contribution is 0.0301. The fraction of sp³-hybridized carbons (Fsp3) is 0.355. The summed E-state index contributed by atoms with van der Waals surface area (Å²) in [6.45, 7) is 4.12. The Kier molecular flexibility index (Phi) is 10.4. The maximum Gasteiger partial charge on any atom is 0.257 e. The van der Waals surface area contributed by atoms with Gasteiger partial charge < -0.3 is 30.5 Å². The molecule has 3 aromatic rings. The summed E-state index contributed by atoms with van der Waals surface area (Å²) < 4.78 is 33.1. The number of morpholine rings is 1. The lowest BCUT2D eigenvalue weighted by atomic mass is 9.99. The van der Waals surface area contributed by atoms with Crippen LogP contribution in [0.1, 0.15) is 44.3 Å². The van der Waals surface area contributed by atoms with Crippen molar-refractivity contribution in [2.45, 2.75) is 38.5 Å². The number of aliphatic hydroxyl groups excluding tert-OH is 1. The van der Waals surface area contributed by atoms with Crippen molar-refractivity contribution in [1.82, 2.24) is 15.5 Å². The van der Waals surface area contributed by atoms with Crippen molar-refractivity contribution in [3.63, 3.8) is 0 Å². The number of nitrogens with one attached hydrogen (secondary N) is 2. The van der Waals surface area contributed by atoms with E-state index in [2.05, 4.69) is 23.6 Å². The number of nitrogens with zero attached hydrogens (tertiary/aromatic N) is 1. The minimum atomic E-state index is -1.12. The molecule has 2 atom stereocenters. The summed E-state index contributed by atoms with van der Waals surface area (Å²) in [7, 11) is 0. The van der Waals surface area contributed by atoms with E-state index in [1.54, 1.807) is 0 Å².